The molecule has 0 aromatic rings. The molecule has 0 amide bonds. The van der Waals surface area contributed by atoms with E-state index in [2.05, 4.69) is 16.9 Å². The van der Waals surface area contributed by atoms with Crippen LogP contribution in [0.2, 0.25) is 0 Å². The molecule has 0 saturated carbocycles. The zero-order valence-electron chi connectivity index (χ0n) is 13.1. The summed E-state index contributed by atoms with van der Waals surface area (Å²) >= 11 is 0. The van der Waals surface area contributed by atoms with Crippen LogP contribution in [0.1, 0.15) is 33.6 Å². The van der Waals surface area contributed by atoms with E-state index in [4.69, 9.17) is 0 Å². The monoisotopic (exact) mass is 261 g/mol. The molecule has 0 bridgehead atoms. The van der Waals surface area contributed by atoms with E-state index in [0.717, 1.165) is 24.4 Å². The van der Waals surface area contributed by atoms with Crippen molar-refractivity contribution in [3.63, 3.8) is 0 Å². The molecule has 0 aliphatic rings. The van der Waals surface area contributed by atoms with Gasteiger partial charge in [-0.15, -0.1) is 0 Å². The van der Waals surface area contributed by atoms with Crippen molar-refractivity contribution in [1.82, 2.24) is 4.90 Å². The lowest BCUT2D eigenvalue weighted by atomic mass is 10.0. The Morgan fingerprint density at radius 3 is 2.26 bits per heavy atom. The van der Waals surface area contributed by atoms with Gasteiger partial charge in [-0.1, -0.05) is 25.5 Å². The summed E-state index contributed by atoms with van der Waals surface area (Å²) in [6.07, 6.45) is 11.8. The van der Waals surface area contributed by atoms with Crippen molar-refractivity contribution in [2.24, 2.45) is 9.98 Å². The molecule has 0 radical (unpaired) electrons. The first-order chi connectivity index (χ1) is 9.12. The zero-order chi connectivity index (χ0) is 14.7. The zero-order valence-corrected chi connectivity index (χ0v) is 13.1. The number of rotatable bonds is 7. The van der Waals surface area contributed by atoms with Gasteiger partial charge in [0.25, 0.3) is 0 Å². The molecule has 3 nitrogen and oxygen atoms in total. The molecule has 0 aliphatic carbocycles. The maximum atomic E-state index is 4.56. The lowest BCUT2D eigenvalue weighted by Gasteiger charge is -2.18. The van der Waals surface area contributed by atoms with Gasteiger partial charge >= 0.3 is 0 Å². The minimum atomic E-state index is 0.970. The van der Waals surface area contributed by atoms with Crippen LogP contribution in [0.5, 0.6) is 0 Å². The van der Waals surface area contributed by atoms with Crippen LogP contribution in [0.4, 0.5) is 0 Å². The molecule has 106 valence electrons. The summed E-state index contributed by atoms with van der Waals surface area (Å²) in [6, 6.07) is 0. The molecule has 19 heavy (non-hydrogen) atoms. The van der Waals surface area contributed by atoms with Crippen LogP contribution >= 0.6 is 0 Å². The third-order valence-corrected chi connectivity index (χ3v) is 2.54. The van der Waals surface area contributed by atoms with Crippen molar-refractivity contribution in [2.45, 2.75) is 33.6 Å². The van der Waals surface area contributed by atoms with E-state index in [0.29, 0.717) is 0 Å². The molecule has 0 aromatic heterocycles. The second kappa shape index (κ2) is 10.3. The highest BCUT2D eigenvalue weighted by Crippen LogP contribution is 2.17. The summed E-state index contributed by atoms with van der Waals surface area (Å²) in [5.41, 5.74) is 2.19. The van der Waals surface area contributed by atoms with E-state index in [1.165, 1.54) is 5.57 Å². The molecule has 0 rings (SSSR count). The first kappa shape index (κ1) is 17.4. The minimum Gasteiger partial charge on any atom is -0.362 e. The summed E-state index contributed by atoms with van der Waals surface area (Å²) in [5, 5.41) is 0. The maximum Gasteiger partial charge on any atom is 0.133 e. The van der Waals surface area contributed by atoms with Gasteiger partial charge in [0.05, 0.1) is 5.71 Å². The molecule has 0 aromatic carbocycles. The fourth-order valence-corrected chi connectivity index (χ4v) is 1.74. The molecule has 0 saturated heterocycles. The van der Waals surface area contributed by atoms with E-state index >= 15 is 0 Å². The Morgan fingerprint density at radius 1 is 1.16 bits per heavy atom. The molecule has 0 unspecified atom stereocenters. The van der Waals surface area contributed by atoms with Gasteiger partial charge in [0.1, 0.15) is 5.82 Å². The topological polar surface area (TPSA) is 28.0 Å². The molecule has 0 fully saturated rings. The lowest BCUT2D eigenvalue weighted by molar-refractivity contribution is 0.500. The van der Waals surface area contributed by atoms with Crippen molar-refractivity contribution in [3.05, 3.63) is 35.7 Å². The standard InChI is InChI=1S/C16H27N3/c1-7-10-13-18-16(19(5)6)14(11-8-2)15(17-4)12-9-3/h7,9-10,12-13H,8,11H2,1-6H3/b10-7+,12-9-,16-14+,17-15?,18-13+. The van der Waals surface area contributed by atoms with E-state index in [1.807, 2.05) is 70.4 Å². The van der Waals surface area contributed by atoms with Crippen molar-refractivity contribution >= 4 is 11.9 Å². The molecule has 3 heteroatoms. The largest absolute Gasteiger partial charge is 0.362 e. The lowest BCUT2D eigenvalue weighted by Crippen LogP contribution is -2.16. The predicted octanol–water partition coefficient (Wildman–Crippen LogP) is 3.85. The Morgan fingerprint density at radius 2 is 1.84 bits per heavy atom. The van der Waals surface area contributed by atoms with Crippen LogP contribution in [0.15, 0.2) is 45.7 Å². The third-order valence-electron chi connectivity index (χ3n) is 2.54. The van der Waals surface area contributed by atoms with Crippen LogP contribution in [0, 0.1) is 0 Å². The average molecular weight is 261 g/mol. The fraction of sp³-hybridized carbons (Fsp3) is 0.500. The van der Waals surface area contributed by atoms with Crippen molar-refractivity contribution in [2.75, 3.05) is 21.1 Å². The first-order valence-corrected chi connectivity index (χ1v) is 6.77. The Balaban J connectivity index is 5.72. The predicted molar refractivity (Wildman–Crippen MR) is 87.1 cm³/mol. The quantitative estimate of drug-likeness (QED) is 0.640. The number of hydrogen-bond acceptors (Lipinski definition) is 3. The van der Waals surface area contributed by atoms with Gasteiger partial charge < -0.3 is 4.90 Å². The van der Waals surface area contributed by atoms with Gasteiger partial charge in [0.15, 0.2) is 0 Å². The van der Waals surface area contributed by atoms with Crippen molar-refractivity contribution < 1.29 is 0 Å². The van der Waals surface area contributed by atoms with Crippen molar-refractivity contribution in [3.8, 4) is 0 Å². The molecule has 0 spiro atoms. The summed E-state index contributed by atoms with van der Waals surface area (Å²) in [6.45, 7) is 6.16. The second-order valence-electron chi connectivity index (χ2n) is 4.36. The third kappa shape index (κ3) is 6.18. The smallest absolute Gasteiger partial charge is 0.133 e. The van der Waals surface area contributed by atoms with E-state index in [-0.39, 0.29) is 0 Å². The maximum absolute atomic E-state index is 4.56. The summed E-state index contributed by atoms with van der Waals surface area (Å²) in [5.74, 6) is 0.971. The van der Waals surface area contributed by atoms with Crippen LogP contribution in [0.25, 0.3) is 0 Å². The Hall–Kier alpha value is -1.64. The Bertz CT molecular complexity index is 396. The summed E-state index contributed by atoms with van der Waals surface area (Å²) in [4.78, 5) is 11.0. The summed E-state index contributed by atoms with van der Waals surface area (Å²) < 4.78 is 0. The second-order valence-corrected chi connectivity index (χ2v) is 4.36. The van der Waals surface area contributed by atoms with Crippen molar-refractivity contribution in [1.29, 1.82) is 0 Å². The van der Waals surface area contributed by atoms with E-state index in [1.54, 1.807) is 0 Å². The van der Waals surface area contributed by atoms with E-state index < -0.39 is 0 Å². The van der Waals surface area contributed by atoms with Crippen LogP contribution in [-0.2, 0) is 0 Å². The number of allylic oxidation sites excluding steroid dienone is 5. The van der Waals surface area contributed by atoms with Gasteiger partial charge in [-0.05, 0) is 32.4 Å². The Kier molecular flexibility index (Phi) is 9.41. The van der Waals surface area contributed by atoms with Crippen LogP contribution in [-0.4, -0.2) is 38.0 Å². The number of nitrogens with zero attached hydrogens (tertiary/aromatic N) is 3. The van der Waals surface area contributed by atoms with Gasteiger partial charge in [0, 0.05) is 32.9 Å². The highest BCUT2D eigenvalue weighted by Gasteiger charge is 2.11. The van der Waals surface area contributed by atoms with E-state index in [9.17, 15) is 0 Å². The molecule has 0 atom stereocenters. The Labute approximate surface area is 118 Å². The highest BCUT2D eigenvalue weighted by atomic mass is 15.2. The normalized spacial score (nSPS) is 14.7. The number of hydrogen-bond donors (Lipinski definition) is 0. The van der Waals surface area contributed by atoms with Gasteiger partial charge in [-0.2, -0.15) is 0 Å². The molecule has 0 heterocycles. The first-order valence-electron chi connectivity index (χ1n) is 6.77. The fourth-order valence-electron chi connectivity index (χ4n) is 1.74. The number of aliphatic imine (C=N–C) groups is 2. The molecule has 0 aliphatic heterocycles. The van der Waals surface area contributed by atoms with Gasteiger partial charge in [0.2, 0.25) is 0 Å². The van der Waals surface area contributed by atoms with Gasteiger partial charge in [-0.3, -0.25) is 4.99 Å². The molecular formula is C16H27N3. The van der Waals surface area contributed by atoms with Crippen LogP contribution in [0.3, 0.4) is 0 Å². The minimum absolute atomic E-state index is 0.970. The summed E-state index contributed by atoms with van der Waals surface area (Å²) in [7, 11) is 5.86. The highest BCUT2D eigenvalue weighted by molar-refractivity contribution is 6.08. The van der Waals surface area contributed by atoms with Gasteiger partial charge in [-0.25, -0.2) is 4.99 Å². The van der Waals surface area contributed by atoms with Crippen LogP contribution < -0.4 is 0 Å². The molecular weight excluding hydrogens is 234 g/mol. The average Bonchev–Trinajstić information content (AvgIpc) is 2.39. The SMILES string of the molecule is C/C=C\C(=NC)\C(CCC)=C(/N=C/C=C/C)N(C)C. The molecule has 0 N–H and O–H groups in total.